The molecule has 0 aromatic heterocycles. The Hall–Kier alpha value is -2.16. The highest BCUT2D eigenvalue weighted by Gasteiger charge is 1.98. The molecule has 0 bridgehead atoms. The highest BCUT2D eigenvalue weighted by Crippen LogP contribution is 2.17. The number of anilines is 1. The van der Waals surface area contributed by atoms with E-state index in [2.05, 4.69) is 18.3 Å². The first-order valence-electron chi connectivity index (χ1n) is 6.94. The molecule has 2 aromatic rings. The highest BCUT2D eigenvalue weighted by atomic mass is 16.5. The van der Waals surface area contributed by atoms with Gasteiger partial charge >= 0.3 is 0 Å². The van der Waals surface area contributed by atoms with Gasteiger partial charge < -0.3 is 14.8 Å². The molecule has 2 rings (SSSR count). The van der Waals surface area contributed by atoms with Crippen LogP contribution in [0.1, 0.15) is 12.5 Å². The number of hydrogen-bond donors (Lipinski definition) is 1. The second-order valence-corrected chi connectivity index (χ2v) is 4.50. The fourth-order valence-electron chi connectivity index (χ4n) is 1.91. The van der Waals surface area contributed by atoms with Crippen molar-refractivity contribution in [2.24, 2.45) is 0 Å². The third-order valence-electron chi connectivity index (χ3n) is 2.95. The zero-order valence-corrected chi connectivity index (χ0v) is 12.1. The Kier molecular flexibility index (Phi) is 5.30. The summed E-state index contributed by atoms with van der Waals surface area (Å²) in [6.45, 7) is 6.13. The number of nitrogens with one attached hydrogen (secondary N) is 1. The molecular formula is C17H21NO2. The van der Waals surface area contributed by atoms with Crippen molar-refractivity contribution in [2.75, 3.05) is 25.1 Å². The maximum absolute atomic E-state index is 5.73. The van der Waals surface area contributed by atoms with E-state index in [1.807, 2.05) is 49.4 Å². The van der Waals surface area contributed by atoms with Gasteiger partial charge in [-0.3, -0.25) is 0 Å². The normalized spacial score (nSPS) is 10.1. The molecule has 0 aliphatic heterocycles. The number of aryl methyl sites for hydroxylation is 1. The minimum atomic E-state index is 0.637. The Morgan fingerprint density at radius 2 is 1.70 bits per heavy atom. The van der Waals surface area contributed by atoms with Crippen molar-refractivity contribution in [3.63, 3.8) is 0 Å². The average Bonchev–Trinajstić information content (AvgIpc) is 2.47. The van der Waals surface area contributed by atoms with Crippen LogP contribution in [-0.4, -0.2) is 19.8 Å². The van der Waals surface area contributed by atoms with Crippen LogP contribution >= 0.6 is 0 Å². The van der Waals surface area contributed by atoms with Crippen molar-refractivity contribution in [3.05, 3.63) is 54.1 Å². The predicted molar refractivity (Wildman–Crippen MR) is 82.8 cm³/mol. The van der Waals surface area contributed by atoms with Crippen LogP contribution in [-0.2, 0) is 0 Å². The standard InChI is InChI=1S/C17H21NO2/c1-3-19-16-10-8-15(9-11-16)18-12-13-20-17-7-5-4-6-14(17)2/h4-11,18H,3,12-13H2,1-2H3. The maximum Gasteiger partial charge on any atom is 0.122 e. The Labute approximate surface area is 120 Å². The summed E-state index contributed by atoms with van der Waals surface area (Å²) in [5.74, 6) is 1.84. The molecule has 0 aliphatic rings. The quantitative estimate of drug-likeness (QED) is 0.775. The van der Waals surface area contributed by atoms with Crippen molar-refractivity contribution in [3.8, 4) is 11.5 Å². The zero-order valence-electron chi connectivity index (χ0n) is 12.1. The van der Waals surface area contributed by atoms with Gasteiger partial charge in [-0.25, -0.2) is 0 Å². The molecular weight excluding hydrogens is 250 g/mol. The predicted octanol–water partition coefficient (Wildman–Crippen LogP) is 3.88. The van der Waals surface area contributed by atoms with Crippen molar-refractivity contribution in [1.82, 2.24) is 0 Å². The lowest BCUT2D eigenvalue weighted by molar-refractivity contribution is 0.330. The van der Waals surface area contributed by atoms with Crippen LogP contribution in [0, 0.1) is 6.92 Å². The summed E-state index contributed by atoms with van der Waals surface area (Å²) in [5, 5.41) is 3.32. The molecule has 2 aromatic carbocycles. The van der Waals surface area contributed by atoms with Crippen LogP contribution in [0.5, 0.6) is 11.5 Å². The molecule has 1 N–H and O–H groups in total. The number of para-hydroxylation sites is 1. The van der Waals surface area contributed by atoms with Crippen LogP contribution in [0.4, 0.5) is 5.69 Å². The Balaban J connectivity index is 1.74. The Bertz CT molecular complexity index is 523. The smallest absolute Gasteiger partial charge is 0.122 e. The van der Waals surface area contributed by atoms with Gasteiger partial charge in [-0.1, -0.05) is 18.2 Å². The molecule has 0 radical (unpaired) electrons. The van der Waals surface area contributed by atoms with E-state index in [0.717, 1.165) is 29.3 Å². The molecule has 0 amide bonds. The summed E-state index contributed by atoms with van der Waals surface area (Å²) in [7, 11) is 0. The van der Waals surface area contributed by atoms with Gasteiger partial charge in [0.25, 0.3) is 0 Å². The van der Waals surface area contributed by atoms with E-state index in [0.29, 0.717) is 13.2 Å². The number of hydrogen-bond acceptors (Lipinski definition) is 3. The van der Waals surface area contributed by atoms with Crippen molar-refractivity contribution in [2.45, 2.75) is 13.8 Å². The minimum absolute atomic E-state index is 0.637. The van der Waals surface area contributed by atoms with Crippen LogP contribution < -0.4 is 14.8 Å². The molecule has 0 fully saturated rings. The van der Waals surface area contributed by atoms with Crippen LogP contribution in [0.3, 0.4) is 0 Å². The molecule has 106 valence electrons. The molecule has 0 heterocycles. The molecule has 0 saturated carbocycles. The maximum atomic E-state index is 5.73. The summed E-state index contributed by atoms with van der Waals surface area (Å²) in [5.41, 5.74) is 2.23. The Morgan fingerprint density at radius 3 is 2.40 bits per heavy atom. The van der Waals surface area contributed by atoms with Gasteiger partial charge in [0.05, 0.1) is 6.61 Å². The van der Waals surface area contributed by atoms with Gasteiger partial charge in [0.1, 0.15) is 18.1 Å². The first-order chi connectivity index (χ1) is 9.79. The first-order valence-corrected chi connectivity index (χ1v) is 6.94. The van der Waals surface area contributed by atoms with E-state index < -0.39 is 0 Å². The summed E-state index contributed by atoms with van der Waals surface area (Å²) in [6.07, 6.45) is 0. The summed E-state index contributed by atoms with van der Waals surface area (Å²) in [4.78, 5) is 0. The van der Waals surface area contributed by atoms with Crippen LogP contribution in [0.15, 0.2) is 48.5 Å². The SMILES string of the molecule is CCOc1ccc(NCCOc2ccccc2C)cc1. The lowest BCUT2D eigenvalue weighted by atomic mass is 10.2. The fraction of sp³-hybridized carbons (Fsp3) is 0.294. The van der Waals surface area contributed by atoms with Crippen LogP contribution in [0.25, 0.3) is 0 Å². The van der Waals surface area contributed by atoms with Gasteiger partial charge in [-0.15, -0.1) is 0 Å². The first kappa shape index (κ1) is 14.3. The second kappa shape index (κ2) is 7.43. The van der Waals surface area contributed by atoms with Gasteiger partial charge in [0.2, 0.25) is 0 Å². The molecule has 0 unspecified atom stereocenters. The van der Waals surface area contributed by atoms with Gasteiger partial charge in [-0.2, -0.15) is 0 Å². The molecule has 3 heteroatoms. The van der Waals surface area contributed by atoms with Gasteiger partial charge in [0.15, 0.2) is 0 Å². The number of ether oxygens (including phenoxy) is 2. The average molecular weight is 271 g/mol. The third-order valence-corrected chi connectivity index (χ3v) is 2.95. The van der Waals surface area contributed by atoms with Crippen molar-refractivity contribution in [1.29, 1.82) is 0 Å². The largest absolute Gasteiger partial charge is 0.494 e. The third kappa shape index (κ3) is 4.19. The summed E-state index contributed by atoms with van der Waals surface area (Å²) >= 11 is 0. The monoisotopic (exact) mass is 271 g/mol. The summed E-state index contributed by atoms with van der Waals surface area (Å²) < 4.78 is 11.1. The second-order valence-electron chi connectivity index (χ2n) is 4.50. The lowest BCUT2D eigenvalue weighted by Gasteiger charge is -2.11. The van der Waals surface area contributed by atoms with Gasteiger partial charge in [-0.05, 0) is 49.7 Å². The lowest BCUT2D eigenvalue weighted by Crippen LogP contribution is -2.11. The number of benzene rings is 2. The van der Waals surface area contributed by atoms with E-state index in [1.54, 1.807) is 0 Å². The van der Waals surface area contributed by atoms with Crippen molar-refractivity contribution < 1.29 is 9.47 Å². The van der Waals surface area contributed by atoms with Crippen molar-refractivity contribution >= 4 is 5.69 Å². The molecule has 0 atom stereocenters. The van der Waals surface area contributed by atoms with Crippen LogP contribution in [0.2, 0.25) is 0 Å². The number of rotatable bonds is 7. The highest BCUT2D eigenvalue weighted by molar-refractivity contribution is 5.46. The molecule has 0 spiro atoms. The van der Waals surface area contributed by atoms with E-state index in [9.17, 15) is 0 Å². The fourth-order valence-corrected chi connectivity index (χ4v) is 1.91. The van der Waals surface area contributed by atoms with E-state index in [-0.39, 0.29) is 0 Å². The van der Waals surface area contributed by atoms with E-state index in [4.69, 9.17) is 9.47 Å². The Morgan fingerprint density at radius 1 is 0.950 bits per heavy atom. The van der Waals surface area contributed by atoms with E-state index >= 15 is 0 Å². The van der Waals surface area contributed by atoms with E-state index in [1.165, 1.54) is 0 Å². The molecule has 3 nitrogen and oxygen atoms in total. The molecule has 0 saturated heterocycles. The molecule has 0 aliphatic carbocycles. The topological polar surface area (TPSA) is 30.5 Å². The zero-order chi connectivity index (χ0) is 14.2. The minimum Gasteiger partial charge on any atom is -0.494 e. The molecule has 20 heavy (non-hydrogen) atoms. The van der Waals surface area contributed by atoms with Gasteiger partial charge in [0, 0.05) is 12.2 Å². The summed E-state index contributed by atoms with van der Waals surface area (Å²) in [6, 6.07) is 16.0.